The number of rotatable bonds is 5. The Bertz CT molecular complexity index is 733. The Morgan fingerprint density at radius 1 is 0.962 bits per heavy atom. The molecule has 0 aliphatic heterocycles. The van der Waals surface area contributed by atoms with Crippen molar-refractivity contribution in [3.63, 3.8) is 0 Å². The van der Waals surface area contributed by atoms with Crippen molar-refractivity contribution in [3.8, 4) is 0 Å². The lowest BCUT2D eigenvalue weighted by Gasteiger charge is -2.37. The molecule has 0 aromatic rings. The van der Waals surface area contributed by atoms with Crippen LogP contribution in [0.3, 0.4) is 0 Å². The SMILES string of the molecule is CC(C)=C/C=C/C=C(C)/C=C/C=C(\C)C=C=C1C(C)(C)C=CCC1(C)O. The van der Waals surface area contributed by atoms with Crippen LogP contribution in [0.5, 0.6) is 0 Å². The van der Waals surface area contributed by atoms with Crippen molar-refractivity contribution in [2.24, 2.45) is 5.41 Å². The Kier molecular flexibility index (Phi) is 8.08. The van der Waals surface area contributed by atoms with Crippen LogP contribution < -0.4 is 0 Å². The Hall–Kier alpha value is -2.08. The fourth-order valence-electron chi connectivity index (χ4n) is 2.90. The highest BCUT2D eigenvalue weighted by Gasteiger charge is 2.37. The van der Waals surface area contributed by atoms with Crippen molar-refractivity contribution in [2.45, 2.75) is 60.5 Å². The lowest BCUT2D eigenvalue weighted by molar-refractivity contribution is 0.0799. The molecule has 1 rings (SSSR count). The predicted octanol–water partition coefficient (Wildman–Crippen LogP) is 6.78. The topological polar surface area (TPSA) is 20.2 Å². The van der Waals surface area contributed by atoms with Crippen LogP contribution in [0.15, 0.2) is 88.8 Å². The molecule has 140 valence electrons. The van der Waals surface area contributed by atoms with Gasteiger partial charge in [-0.25, -0.2) is 0 Å². The summed E-state index contributed by atoms with van der Waals surface area (Å²) in [4.78, 5) is 0. The third kappa shape index (κ3) is 7.44. The maximum absolute atomic E-state index is 10.6. The van der Waals surface area contributed by atoms with Crippen LogP contribution in [0.4, 0.5) is 0 Å². The van der Waals surface area contributed by atoms with Crippen LogP contribution in [0, 0.1) is 5.41 Å². The highest BCUT2D eigenvalue weighted by Crippen LogP contribution is 2.40. The summed E-state index contributed by atoms with van der Waals surface area (Å²) in [7, 11) is 0. The molecule has 1 N–H and O–H groups in total. The molecule has 26 heavy (non-hydrogen) atoms. The van der Waals surface area contributed by atoms with Crippen LogP contribution in [0.1, 0.15) is 54.9 Å². The Morgan fingerprint density at radius 2 is 1.58 bits per heavy atom. The summed E-state index contributed by atoms with van der Waals surface area (Å²) < 4.78 is 0. The van der Waals surface area contributed by atoms with Gasteiger partial charge in [0.15, 0.2) is 0 Å². The monoisotopic (exact) mass is 350 g/mol. The van der Waals surface area contributed by atoms with Crippen molar-refractivity contribution in [2.75, 3.05) is 0 Å². The largest absolute Gasteiger partial charge is 0.385 e. The van der Waals surface area contributed by atoms with Gasteiger partial charge in [0.1, 0.15) is 0 Å². The van der Waals surface area contributed by atoms with E-state index in [0.717, 1.165) is 11.1 Å². The van der Waals surface area contributed by atoms with Crippen molar-refractivity contribution in [1.82, 2.24) is 0 Å². The van der Waals surface area contributed by atoms with Gasteiger partial charge in [-0.1, -0.05) is 79.7 Å². The van der Waals surface area contributed by atoms with Gasteiger partial charge in [-0.15, -0.1) is 5.73 Å². The lowest BCUT2D eigenvalue weighted by atomic mass is 9.70. The number of hydrogen-bond acceptors (Lipinski definition) is 1. The maximum atomic E-state index is 10.6. The third-order valence-corrected chi connectivity index (χ3v) is 4.29. The number of aliphatic hydroxyl groups is 1. The van der Waals surface area contributed by atoms with E-state index in [0.29, 0.717) is 6.42 Å². The van der Waals surface area contributed by atoms with E-state index >= 15 is 0 Å². The molecule has 0 aromatic heterocycles. The van der Waals surface area contributed by atoms with Crippen LogP contribution in [-0.4, -0.2) is 10.7 Å². The molecule has 1 aliphatic carbocycles. The Morgan fingerprint density at radius 3 is 2.19 bits per heavy atom. The van der Waals surface area contributed by atoms with Crippen molar-refractivity contribution in [3.05, 3.63) is 88.8 Å². The van der Waals surface area contributed by atoms with Crippen molar-refractivity contribution in [1.29, 1.82) is 0 Å². The standard InChI is InChI=1S/C25H34O/c1-20(2)12-8-9-13-21(3)14-10-15-22(4)16-17-23-24(5,6)18-11-19-25(23,7)26/h8-16,18,26H,19H2,1-7H3/b9-8+,14-10+,21-13+,22-15+. The van der Waals surface area contributed by atoms with Crippen LogP contribution in [-0.2, 0) is 0 Å². The van der Waals surface area contributed by atoms with Gasteiger partial charge >= 0.3 is 0 Å². The normalized spacial score (nSPS) is 23.5. The first-order valence-corrected chi connectivity index (χ1v) is 9.26. The van der Waals surface area contributed by atoms with Gasteiger partial charge in [-0.2, -0.15) is 0 Å². The molecule has 1 nitrogen and oxygen atoms in total. The highest BCUT2D eigenvalue weighted by atomic mass is 16.3. The molecule has 1 aliphatic rings. The van der Waals surface area contributed by atoms with Gasteiger partial charge < -0.3 is 5.11 Å². The second-order valence-corrected chi connectivity index (χ2v) is 8.08. The zero-order valence-corrected chi connectivity index (χ0v) is 17.4. The average molecular weight is 351 g/mol. The van der Waals surface area contributed by atoms with E-state index in [-0.39, 0.29) is 5.41 Å². The Balaban J connectivity index is 2.89. The molecule has 0 spiro atoms. The van der Waals surface area contributed by atoms with Gasteiger partial charge in [0.05, 0.1) is 5.60 Å². The van der Waals surface area contributed by atoms with Crippen molar-refractivity contribution >= 4 is 0 Å². The first-order chi connectivity index (χ1) is 12.0. The highest BCUT2D eigenvalue weighted by molar-refractivity contribution is 5.35. The average Bonchev–Trinajstić information content (AvgIpc) is 2.49. The molecule has 1 heteroatoms. The van der Waals surface area contributed by atoms with E-state index < -0.39 is 5.60 Å². The van der Waals surface area contributed by atoms with Crippen LogP contribution in [0.25, 0.3) is 0 Å². The zero-order valence-electron chi connectivity index (χ0n) is 17.4. The smallest absolute Gasteiger partial charge is 0.0944 e. The first kappa shape index (κ1) is 22.0. The molecule has 0 bridgehead atoms. The van der Waals surface area contributed by atoms with E-state index in [1.54, 1.807) is 0 Å². The molecule has 0 aromatic carbocycles. The molecular formula is C25H34O. The van der Waals surface area contributed by atoms with Gasteiger partial charge in [0.25, 0.3) is 0 Å². The molecule has 0 saturated heterocycles. The van der Waals surface area contributed by atoms with Gasteiger partial charge in [-0.3, -0.25) is 0 Å². The second-order valence-electron chi connectivity index (χ2n) is 8.08. The minimum Gasteiger partial charge on any atom is -0.385 e. The maximum Gasteiger partial charge on any atom is 0.0944 e. The quantitative estimate of drug-likeness (QED) is 0.329. The summed E-state index contributed by atoms with van der Waals surface area (Å²) in [6, 6.07) is 0. The molecule has 0 saturated carbocycles. The van der Waals surface area contributed by atoms with E-state index in [1.165, 1.54) is 11.1 Å². The molecular weight excluding hydrogens is 316 g/mol. The summed E-state index contributed by atoms with van der Waals surface area (Å²) in [5, 5.41) is 10.6. The predicted molar refractivity (Wildman–Crippen MR) is 115 cm³/mol. The van der Waals surface area contributed by atoms with E-state index in [9.17, 15) is 5.11 Å². The lowest BCUT2D eigenvalue weighted by Crippen LogP contribution is -2.36. The summed E-state index contributed by atoms with van der Waals surface area (Å²) in [6.45, 7) is 14.4. The van der Waals surface area contributed by atoms with Crippen LogP contribution in [0.2, 0.25) is 0 Å². The van der Waals surface area contributed by atoms with Gasteiger partial charge in [0.2, 0.25) is 0 Å². The van der Waals surface area contributed by atoms with Gasteiger partial charge in [-0.05, 0) is 52.7 Å². The molecule has 1 atom stereocenters. The number of allylic oxidation sites excluding steroid dienone is 11. The molecule has 0 amide bonds. The molecule has 0 radical (unpaired) electrons. The first-order valence-electron chi connectivity index (χ1n) is 9.26. The third-order valence-electron chi connectivity index (χ3n) is 4.29. The summed E-state index contributed by atoms with van der Waals surface area (Å²) in [5.74, 6) is 0. The molecule has 0 fully saturated rings. The molecule has 0 heterocycles. The zero-order chi connectivity index (χ0) is 19.8. The minimum atomic E-state index is -0.832. The summed E-state index contributed by atoms with van der Waals surface area (Å²) >= 11 is 0. The fourth-order valence-corrected chi connectivity index (χ4v) is 2.90. The minimum absolute atomic E-state index is 0.175. The fraction of sp³-hybridized carbons (Fsp3) is 0.400. The van der Waals surface area contributed by atoms with Gasteiger partial charge in [0, 0.05) is 11.0 Å². The van der Waals surface area contributed by atoms with E-state index in [2.05, 4.69) is 82.9 Å². The number of hydrogen-bond donors (Lipinski definition) is 1. The Labute approximate surface area is 160 Å². The van der Waals surface area contributed by atoms with Crippen LogP contribution >= 0.6 is 0 Å². The summed E-state index contributed by atoms with van der Waals surface area (Å²) in [6.07, 6.45) is 21.3. The second kappa shape index (κ2) is 9.57. The molecule has 1 unspecified atom stereocenters. The summed E-state index contributed by atoms with van der Waals surface area (Å²) in [5.41, 5.74) is 6.86. The van der Waals surface area contributed by atoms with E-state index in [4.69, 9.17) is 0 Å². The van der Waals surface area contributed by atoms with Crippen molar-refractivity contribution < 1.29 is 5.11 Å². The van der Waals surface area contributed by atoms with E-state index in [1.807, 2.05) is 32.1 Å².